The summed E-state index contributed by atoms with van der Waals surface area (Å²) < 4.78 is 57.6. The van der Waals surface area contributed by atoms with Gasteiger partial charge in [0.25, 0.3) is 11.8 Å². The average molecular weight is 446 g/mol. The number of amides is 2. The van der Waals surface area contributed by atoms with Crippen LogP contribution in [0, 0.1) is 5.82 Å². The van der Waals surface area contributed by atoms with Gasteiger partial charge in [0.05, 0.1) is 5.56 Å². The summed E-state index contributed by atoms with van der Waals surface area (Å²) in [6.45, 7) is -0.900. The summed E-state index contributed by atoms with van der Waals surface area (Å²) >= 11 is 0. The third-order valence-electron chi connectivity index (χ3n) is 4.35. The number of carbonyl (C=O) groups excluding carboxylic acids is 2. The zero-order valence-corrected chi connectivity index (χ0v) is 16.6. The van der Waals surface area contributed by atoms with E-state index in [9.17, 15) is 27.2 Å². The SMILES string of the molecule is O=C(COc1cccc(NC(=O)c2ccccc2)c1)NCc1ccc(F)cc1C(F)(F)F. The molecule has 0 aliphatic rings. The first kappa shape index (κ1) is 22.8. The van der Waals surface area contributed by atoms with Crippen molar-refractivity contribution in [1.82, 2.24) is 5.32 Å². The van der Waals surface area contributed by atoms with E-state index in [1.165, 1.54) is 6.07 Å². The van der Waals surface area contributed by atoms with Crippen LogP contribution in [0.15, 0.2) is 72.8 Å². The molecule has 2 amide bonds. The first-order chi connectivity index (χ1) is 15.2. The van der Waals surface area contributed by atoms with E-state index in [0.717, 1.165) is 12.1 Å². The standard InChI is InChI=1S/C23H18F4N2O3/c24-17-10-9-16(20(11-17)23(25,26)27)13-28-21(30)14-32-19-8-4-7-18(12-19)29-22(31)15-5-2-1-3-6-15/h1-12H,13-14H2,(H,28,30)(H,29,31). The molecule has 3 rings (SSSR count). The van der Waals surface area contributed by atoms with Crippen LogP contribution in [0.1, 0.15) is 21.5 Å². The van der Waals surface area contributed by atoms with Crippen molar-refractivity contribution in [3.63, 3.8) is 0 Å². The zero-order chi connectivity index (χ0) is 23.1. The molecule has 0 radical (unpaired) electrons. The molecule has 0 saturated carbocycles. The van der Waals surface area contributed by atoms with Gasteiger partial charge in [0, 0.05) is 23.9 Å². The molecule has 3 aromatic rings. The Morgan fingerprint density at radius 3 is 2.38 bits per heavy atom. The van der Waals surface area contributed by atoms with E-state index < -0.39 is 36.6 Å². The highest BCUT2D eigenvalue weighted by Gasteiger charge is 2.33. The van der Waals surface area contributed by atoms with Crippen LogP contribution in [0.5, 0.6) is 5.75 Å². The fourth-order valence-electron chi connectivity index (χ4n) is 2.82. The largest absolute Gasteiger partial charge is 0.484 e. The predicted molar refractivity (Wildman–Crippen MR) is 110 cm³/mol. The minimum absolute atomic E-state index is 0.266. The van der Waals surface area contributed by atoms with Gasteiger partial charge in [-0.15, -0.1) is 0 Å². The summed E-state index contributed by atoms with van der Waals surface area (Å²) in [4.78, 5) is 24.2. The summed E-state index contributed by atoms with van der Waals surface area (Å²) in [5.74, 6) is -1.72. The summed E-state index contributed by atoms with van der Waals surface area (Å²) in [7, 11) is 0. The molecule has 0 atom stereocenters. The van der Waals surface area contributed by atoms with Crippen molar-refractivity contribution in [1.29, 1.82) is 0 Å². The van der Waals surface area contributed by atoms with E-state index in [1.54, 1.807) is 48.5 Å². The number of halogens is 4. The molecule has 0 unspecified atom stereocenters. The van der Waals surface area contributed by atoms with Crippen LogP contribution >= 0.6 is 0 Å². The maximum atomic E-state index is 13.2. The Hall–Kier alpha value is -3.88. The highest BCUT2D eigenvalue weighted by molar-refractivity contribution is 6.04. The first-order valence-electron chi connectivity index (χ1n) is 9.44. The van der Waals surface area contributed by atoms with Gasteiger partial charge in [0.2, 0.25) is 0 Å². The van der Waals surface area contributed by atoms with Crippen molar-refractivity contribution < 1.29 is 31.9 Å². The molecule has 32 heavy (non-hydrogen) atoms. The van der Waals surface area contributed by atoms with E-state index in [0.29, 0.717) is 17.3 Å². The molecule has 0 bridgehead atoms. The molecule has 0 spiro atoms. The highest BCUT2D eigenvalue weighted by atomic mass is 19.4. The van der Waals surface area contributed by atoms with Gasteiger partial charge in [-0.3, -0.25) is 9.59 Å². The van der Waals surface area contributed by atoms with Gasteiger partial charge in [0.1, 0.15) is 11.6 Å². The third-order valence-corrected chi connectivity index (χ3v) is 4.35. The number of anilines is 1. The van der Waals surface area contributed by atoms with Crippen molar-refractivity contribution in [3.05, 3.63) is 95.3 Å². The van der Waals surface area contributed by atoms with Crippen LogP contribution < -0.4 is 15.4 Å². The van der Waals surface area contributed by atoms with E-state index in [-0.39, 0.29) is 17.2 Å². The summed E-state index contributed by atoms with van der Waals surface area (Å²) in [5.41, 5.74) is -0.506. The van der Waals surface area contributed by atoms with Crippen molar-refractivity contribution in [2.75, 3.05) is 11.9 Å². The molecule has 0 aromatic heterocycles. The van der Waals surface area contributed by atoms with E-state index in [4.69, 9.17) is 4.74 Å². The Morgan fingerprint density at radius 2 is 1.66 bits per heavy atom. The smallest absolute Gasteiger partial charge is 0.416 e. The normalized spacial score (nSPS) is 11.0. The molecule has 0 aliphatic heterocycles. The molecule has 166 valence electrons. The second-order valence-electron chi connectivity index (χ2n) is 6.71. The number of rotatable bonds is 7. The maximum Gasteiger partial charge on any atom is 0.416 e. The van der Waals surface area contributed by atoms with Gasteiger partial charge in [-0.25, -0.2) is 4.39 Å². The lowest BCUT2D eigenvalue weighted by Crippen LogP contribution is -2.29. The Morgan fingerprint density at radius 1 is 0.906 bits per heavy atom. The van der Waals surface area contributed by atoms with E-state index in [1.807, 2.05) is 0 Å². The lowest BCUT2D eigenvalue weighted by atomic mass is 10.1. The number of nitrogens with one attached hydrogen (secondary N) is 2. The van der Waals surface area contributed by atoms with E-state index >= 15 is 0 Å². The highest BCUT2D eigenvalue weighted by Crippen LogP contribution is 2.32. The van der Waals surface area contributed by atoms with Gasteiger partial charge in [-0.05, 0) is 42.0 Å². The first-order valence-corrected chi connectivity index (χ1v) is 9.44. The molecular formula is C23H18F4N2O3. The Balaban J connectivity index is 1.55. The number of hydrogen-bond acceptors (Lipinski definition) is 3. The van der Waals surface area contributed by atoms with Crippen molar-refractivity contribution in [2.24, 2.45) is 0 Å². The number of hydrogen-bond donors (Lipinski definition) is 2. The second kappa shape index (κ2) is 9.95. The van der Waals surface area contributed by atoms with Gasteiger partial charge in [-0.1, -0.05) is 30.3 Å². The van der Waals surface area contributed by atoms with Crippen LogP contribution in [0.2, 0.25) is 0 Å². The minimum Gasteiger partial charge on any atom is -0.484 e. The number of carbonyl (C=O) groups is 2. The Kier molecular flexibility index (Phi) is 7.09. The van der Waals surface area contributed by atoms with Crippen LogP contribution in [0.3, 0.4) is 0 Å². The summed E-state index contributed by atoms with van der Waals surface area (Å²) in [5, 5.41) is 5.01. The van der Waals surface area contributed by atoms with Crippen molar-refractivity contribution in [3.8, 4) is 5.75 Å². The van der Waals surface area contributed by atoms with Crippen LogP contribution in [-0.2, 0) is 17.5 Å². The summed E-state index contributed by atoms with van der Waals surface area (Å²) in [6, 6.07) is 17.1. The maximum absolute atomic E-state index is 13.2. The topological polar surface area (TPSA) is 67.4 Å². The molecule has 5 nitrogen and oxygen atoms in total. The van der Waals surface area contributed by atoms with Gasteiger partial charge in [-0.2, -0.15) is 13.2 Å². The molecule has 0 heterocycles. The lowest BCUT2D eigenvalue weighted by molar-refractivity contribution is -0.138. The molecule has 0 aliphatic carbocycles. The molecule has 0 fully saturated rings. The zero-order valence-electron chi connectivity index (χ0n) is 16.6. The van der Waals surface area contributed by atoms with Crippen LogP contribution in [-0.4, -0.2) is 18.4 Å². The lowest BCUT2D eigenvalue weighted by Gasteiger charge is -2.14. The van der Waals surface area contributed by atoms with Gasteiger partial charge in [0.15, 0.2) is 6.61 Å². The minimum atomic E-state index is -4.75. The average Bonchev–Trinajstić information content (AvgIpc) is 2.77. The molecule has 0 saturated heterocycles. The number of alkyl halides is 3. The predicted octanol–water partition coefficient (Wildman–Crippen LogP) is 4.79. The van der Waals surface area contributed by atoms with Crippen molar-refractivity contribution in [2.45, 2.75) is 12.7 Å². The fraction of sp³-hybridized carbons (Fsp3) is 0.130. The molecular weight excluding hydrogens is 428 g/mol. The fourth-order valence-corrected chi connectivity index (χ4v) is 2.82. The van der Waals surface area contributed by atoms with Crippen LogP contribution in [0.4, 0.5) is 23.2 Å². The third kappa shape index (κ3) is 6.31. The Labute approximate surface area is 181 Å². The van der Waals surface area contributed by atoms with Crippen LogP contribution in [0.25, 0.3) is 0 Å². The molecule has 3 aromatic carbocycles. The van der Waals surface area contributed by atoms with E-state index in [2.05, 4.69) is 10.6 Å². The second-order valence-corrected chi connectivity index (χ2v) is 6.71. The van der Waals surface area contributed by atoms with Gasteiger partial charge >= 0.3 is 6.18 Å². The summed E-state index contributed by atoms with van der Waals surface area (Å²) in [6.07, 6.45) is -4.75. The Bertz CT molecular complexity index is 1100. The van der Waals surface area contributed by atoms with Gasteiger partial charge < -0.3 is 15.4 Å². The van der Waals surface area contributed by atoms with Crippen molar-refractivity contribution >= 4 is 17.5 Å². The molecule has 9 heteroatoms. The number of benzene rings is 3. The monoisotopic (exact) mass is 446 g/mol. The quantitative estimate of drug-likeness (QED) is 0.513. The number of ether oxygens (including phenoxy) is 1. The molecule has 2 N–H and O–H groups in total.